The van der Waals surface area contributed by atoms with E-state index in [2.05, 4.69) is 10.4 Å². The third kappa shape index (κ3) is 5.67. The molecule has 0 unspecified atom stereocenters. The number of hydrogen-bond acceptors (Lipinski definition) is 6. The third-order valence-electron chi connectivity index (χ3n) is 7.36. The van der Waals surface area contributed by atoms with E-state index in [1.165, 1.54) is 11.8 Å². The lowest BCUT2D eigenvalue weighted by Gasteiger charge is -2.36. The van der Waals surface area contributed by atoms with Gasteiger partial charge in [-0.3, -0.25) is 24.0 Å². The minimum absolute atomic E-state index is 0.0122. The zero-order valence-corrected chi connectivity index (χ0v) is 22.6. The normalized spacial score (nSPS) is 17.8. The number of rotatable bonds is 7. The number of para-hydroxylation sites is 2. The summed E-state index contributed by atoms with van der Waals surface area (Å²) in [6, 6.07) is 13.0. The number of aryl methyl sites for hydroxylation is 2. The summed E-state index contributed by atoms with van der Waals surface area (Å²) in [6.07, 6.45) is 5.82. The molecular formula is C30H34N4O5. The molecule has 1 aliphatic heterocycles. The summed E-state index contributed by atoms with van der Waals surface area (Å²) >= 11 is 0. The van der Waals surface area contributed by atoms with E-state index in [1.807, 2.05) is 19.1 Å². The van der Waals surface area contributed by atoms with Crippen LogP contribution in [0, 0.1) is 6.92 Å². The number of hydrogen-bond donors (Lipinski definition) is 1. The number of carbonyl (C=O) groups is 3. The van der Waals surface area contributed by atoms with Crippen LogP contribution in [0.25, 0.3) is 0 Å². The van der Waals surface area contributed by atoms with Gasteiger partial charge in [0.1, 0.15) is 12.6 Å². The van der Waals surface area contributed by atoms with Crippen molar-refractivity contribution in [2.45, 2.75) is 64.1 Å². The van der Waals surface area contributed by atoms with E-state index >= 15 is 0 Å². The summed E-state index contributed by atoms with van der Waals surface area (Å²) < 4.78 is 13.6. The lowest BCUT2D eigenvalue weighted by Crippen LogP contribution is -2.52. The number of ether oxygens (including phenoxy) is 2. The summed E-state index contributed by atoms with van der Waals surface area (Å²) in [7, 11) is 1.78. The molecule has 0 radical (unpaired) electrons. The van der Waals surface area contributed by atoms with E-state index in [0.717, 1.165) is 32.1 Å². The van der Waals surface area contributed by atoms with Crippen molar-refractivity contribution in [2.75, 3.05) is 11.5 Å². The van der Waals surface area contributed by atoms with Gasteiger partial charge in [0, 0.05) is 36.1 Å². The lowest BCUT2D eigenvalue weighted by molar-refractivity contribution is -0.132. The fourth-order valence-electron chi connectivity index (χ4n) is 5.39. The van der Waals surface area contributed by atoms with E-state index < -0.39 is 18.1 Å². The summed E-state index contributed by atoms with van der Waals surface area (Å²) in [6.45, 7) is 3.28. The minimum atomic E-state index is -1.03. The highest BCUT2D eigenvalue weighted by Crippen LogP contribution is 2.35. The van der Waals surface area contributed by atoms with Gasteiger partial charge in [-0.2, -0.15) is 5.10 Å². The number of carbonyl (C=O) groups excluding carboxylic acids is 3. The molecule has 3 aromatic rings. The second-order valence-electron chi connectivity index (χ2n) is 10.3. The summed E-state index contributed by atoms with van der Waals surface area (Å²) in [4.78, 5) is 42.2. The van der Waals surface area contributed by atoms with Crippen molar-refractivity contribution in [1.29, 1.82) is 0 Å². The first-order valence-electron chi connectivity index (χ1n) is 13.4. The molecular weight excluding hydrogens is 496 g/mol. The van der Waals surface area contributed by atoms with Gasteiger partial charge in [0.2, 0.25) is 12.0 Å². The number of nitrogens with zero attached hydrogens (tertiary/aromatic N) is 3. The molecule has 204 valence electrons. The van der Waals surface area contributed by atoms with Crippen LogP contribution >= 0.6 is 0 Å². The molecule has 1 fully saturated rings. The van der Waals surface area contributed by atoms with Crippen molar-refractivity contribution in [2.24, 2.45) is 7.05 Å². The van der Waals surface area contributed by atoms with Gasteiger partial charge in [-0.25, -0.2) is 0 Å². The Labute approximate surface area is 228 Å². The maximum Gasteiger partial charge on any atom is 0.272 e. The molecule has 2 aromatic carbocycles. The topological polar surface area (TPSA) is 103 Å². The van der Waals surface area contributed by atoms with Crippen molar-refractivity contribution in [3.63, 3.8) is 0 Å². The van der Waals surface area contributed by atoms with Gasteiger partial charge in [0.15, 0.2) is 17.3 Å². The highest BCUT2D eigenvalue weighted by atomic mass is 16.6. The quantitative estimate of drug-likeness (QED) is 0.457. The van der Waals surface area contributed by atoms with Crippen molar-refractivity contribution in [3.05, 3.63) is 71.5 Å². The molecule has 2 aliphatic rings. The van der Waals surface area contributed by atoms with E-state index in [0.29, 0.717) is 34.0 Å². The number of aromatic nitrogens is 2. The Morgan fingerprint density at radius 2 is 1.79 bits per heavy atom. The van der Waals surface area contributed by atoms with E-state index in [-0.39, 0.29) is 24.3 Å². The third-order valence-corrected chi connectivity index (χ3v) is 7.36. The molecule has 2 amide bonds. The van der Waals surface area contributed by atoms with Crippen LogP contribution in [-0.2, 0) is 16.6 Å². The number of anilines is 1. The zero-order chi connectivity index (χ0) is 27.5. The Morgan fingerprint density at radius 3 is 2.49 bits per heavy atom. The van der Waals surface area contributed by atoms with Crippen LogP contribution in [0.15, 0.2) is 54.7 Å². The average molecular weight is 531 g/mol. The predicted octanol–water partition coefficient (Wildman–Crippen LogP) is 4.29. The maximum atomic E-state index is 14.3. The van der Waals surface area contributed by atoms with Crippen molar-refractivity contribution in [1.82, 2.24) is 15.1 Å². The maximum absolute atomic E-state index is 14.3. The van der Waals surface area contributed by atoms with Gasteiger partial charge in [-0.1, -0.05) is 43.5 Å². The molecule has 2 atom stereocenters. The van der Waals surface area contributed by atoms with E-state index in [4.69, 9.17) is 9.47 Å². The van der Waals surface area contributed by atoms with Gasteiger partial charge in [-0.15, -0.1) is 0 Å². The number of fused-ring (bicyclic) bond motifs is 1. The number of nitrogens with one attached hydrogen (secondary N) is 1. The van der Waals surface area contributed by atoms with Crippen LogP contribution in [0.3, 0.4) is 0 Å². The molecule has 1 N–H and O–H groups in total. The minimum Gasteiger partial charge on any atom is -0.485 e. The van der Waals surface area contributed by atoms with Crippen molar-refractivity contribution >= 4 is 23.3 Å². The van der Waals surface area contributed by atoms with E-state index in [1.54, 1.807) is 54.3 Å². The van der Waals surface area contributed by atoms with Crippen LogP contribution in [0.4, 0.5) is 5.69 Å². The lowest BCUT2D eigenvalue weighted by atomic mass is 9.94. The second-order valence-corrected chi connectivity index (χ2v) is 10.3. The molecule has 1 saturated carbocycles. The van der Waals surface area contributed by atoms with Crippen LogP contribution in [0.5, 0.6) is 11.5 Å². The van der Waals surface area contributed by atoms with Gasteiger partial charge in [0.25, 0.3) is 5.91 Å². The zero-order valence-electron chi connectivity index (χ0n) is 22.6. The molecule has 5 rings (SSSR count). The first-order valence-corrected chi connectivity index (χ1v) is 13.4. The van der Waals surface area contributed by atoms with Gasteiger partial charge >= 0.3 is 0 Å². The summed E-state index contributed by atoms with van der Waals surface area (Å²) in [5.41, 5.74) is 2.09. The van der Waals surface area contributed by atoms with Crippen molar-refractivity contribution < 1.29 is 23.9 Å². The van der Waals surface area contributed by atoms with Gasteiger partial charge < -0.3 is 14.8 Å². The van der Waals surface area contributed by atoms with E-state index in [9.17, 15) is 14.4 Å². The highest BCUT2D eigenvalue weighted by Gasteiger charge is 2.41. The average Bonchev–Trinajstić information content (AvgIpc) is 3.28. The van der Waals surface area contributed by atoms with Gasteiger partial charge in [-0.05, 0) is 51.0 Å². The Hall–Kier alpha value is -4.14. The second kappa shape index (κ2) is 11.3. The largest absolute Gasteiger partial charge is 0.485 e. The molecule has 1 aromatic heterocycles. The van der Waals surface area contributed by atoms with Crippen LogP contribution in [-0.4, -0.2) is 46.1 Å². The molecule has 0 bridgehead atoms. The van der Waals surface area contributed by atoms with Crippen LogP contribution in [0.2, 0.25) is 0 Å². The Balaban J connectivity index is 1.59. The number of amides is 2. The molecule has 9 heteroatoms. The summed E-state index contributed by atoms with van der Waals surface area (Å²) in [5, 5.41) is 7.68. The Bertz CT molecular complexity index is 1380. The highest BCUT2D eigenvalue weighted by molar-refractivity contribution is 6.05. The predicted molar refractivity (Wildman–Crippen MR) is 146 cm³/mol. The first-order chi connectivity index (χ1) is 18.8. The fraction of sp³-hybridized carbons (Fsp3) is 0.400. The molecule has 39 heavy (non-hydrogen) atoms. The molecule has 0 saturated heterocycles. The Morgan fingerprint density at radius 1 is 1.05 bits per heavy atom. The summed E-state index contributed by atoms with van der Waals surface area (Å²) in [5.74, 6) is 0.131. The molecule has 0 spiro atoms. The smallest absolute Gasteiger partial charge is 0.272 e. The molecule has 2 heterocycles. The number of ketones is 1. The molecule has 1 aliphatic carbocycles. The fourth-order valence-corrected chi connectivity index (χ4v) is 5.39. The van der Waals surface area contributed by atoms with Crippen molar-refractivity contribution in [3.8, 4) is 11.5 Å². The van der Waals surface area contributed by atoms with Gasteiger partial charge in [0.05, 0.1) is 5.69 Å². The first kappa shape index (κ1) is 26.5. The number of benzene rings is 2. The monoisotopic (exact) mass is 530 g/mol. The SMILES string of the molecule is CC(=O)c1cccc(N(C(=O)[C@@H]2COc3ccccc3O2)[C@H](C(=O)NC2CCCCC2)c2cn(C)nc2C)c1. The molecule has 9 nitrogen and oxygen atoms in total. The van der Waals surface area contributed by atoms with Crippen LogP contribution < -0.4 is 19.7 Å². The Kier molecular flexibility index (Phi) is 7.67. The standard InChI is InChI=1S/C30H34N4O5/c1-19-24(17-33(3)32-19)28(29(36)31-22-11-5-4-6-12-22)34(23-13-9-10-21(16-23)20(2)35)30(37)27-18-38-25-14-7-8-15-26(25)39-27/h7-10,13-17,22,27-28H,4-6,11-12,18H2,1-3H3,(H,31,36)/t27-,28-/m0/s1. The van der Waals surface area contributed by atoms with Crippen LogP contribution in [0.1, 0.15) is 66.7 Å². The number of Topliss-reactive ketones (excluding diaryl/α,β-unsaturated/α-hetero) is 1.